The summed E-state index contributed by atoms with van der Waals surface area (Å²) < 4.78 is 0. The topological polar surface area (TPSA) is 50.9 Å². The highest BCUT2D eigenvalue weighted by molar-refractivity contribution is 5.44. The zero-order chi connectivity index (χ0) is 9.97. The Kier molecular flexibility index (Phi) is 2.57. The first-order chi connectivity index (χ1) is 6.75. The molecule has 2 atom stereocenters. The second-order valence-electron chi connectivity index (χ2n) is 4.14. The van der Waals surface area contributed by atoms with Gasteiger partial charge in [-0.25, -0.2) is 4.98 Å². The van der Waals surface area contributed by atoms with E-state index < -0.39 is 0 Å². The van der Waals surface area contributed by atoms with Crippen LogP contribution in [0, 0.1) is 5.92 Å². The molecular weight excluding hydrogens is 174 g/mol. The summed E-state index contributed by atoms with van der Waals surface area (Å²) in [7, 11) is 0. The predicted molar refractivity (Wildman–Crippen MR) is 59.1 cm³/mol. The number of anilines is 2. The summed E-state index contributed by atoms with van der Waals surface area (Å²) in [5.74, 6) is 1.70. The van der Waals surface area contributed by atoms with E-state index in [2.05, 4.69) is 17.2 Å². The minimum absolute atomic E-state index is 0.589. The molecule has 3 heteroatoms. The average molecular weight is 191 g/mol. The highest BCUT2D eigenvalue weighted by atomic mass is 15.0. The van der Waals surface area contributed by atoms with Crippen LogP contribution in [0.5, 0.6) is 0 Å². The third kappa shape index (κ3) is 1.97. The van der Waals surface area contributed by atoms with Crippen LogP contribution in [0.3, 0.4) is 0 Å². The summed E-state index contributed by atoms with van der Waals surface area (Å²) >= 11 is 0. The Morgan fingerprint density at radius 1 is 1.43 bits per heavy atom. The fourth-order valence-electron chi connectivity index (χ4n) is 2.04. The van der Waals surface area contributed by atoms with Crippen LogP contribution in [0.1, 0.15) is 26.2 Å². The minimum atomic E-state index is 0.589. The lowest BCUT2D eigenvalue weighted by Gasteiger charge is -2.17. The molecule has 1 saturated carbocycles. The number of hydrogen-bond acceptors (Lipinski definition) is 3. The van der Waals surface area contributed by atoms with Gasteiger partial charge < -0.3 is 11.1 Å². The van der Waals surface area contributed by atoms with Gasteiger partial charge in [0.2, 0.25) is 0 Å². The molecule has 0 amide bonds. The molecule has 0 bridgehead atoms. The van der Waals surface area contributed by atoms with Crippen molar-refractivity contribution in [1.29, 1.82) is 0 Å². The smallest absolute Gasteiger partial charge is 0.126 e. The van der Waals surface area contributed by atoms with Gasteiger partial charge in [0.15, 0.2) is 0 Å². The normalized spacial score (nSPS) is 26.4. The second-order valence-corrected chi connectivity index (χ2v) is 4.14. The summed E-state index contributed by atoms with van der Waals surface area (Å²) in [6.07, 6.45) is 5.61. The molecule has 1 aliphatic carbocycles. The molecular formula is C11H17N3. The first-order valence-corrected chi connectivity index (χ1v) is 5.24. The van der Waals surface area contributed by atoms with Crippen LogP contribution in [0.25, 0.3) is 0 Å². The van der Waals surface area contributed by atoms with Gasteiger partial charge in [-0.15, -0.1) is 0 Å². The van der Waals surface area contributed by atoms with E-state index in [-0.39, 0.29) is 0 Å². The lowest BCUT2D eigenvalue weighted by Crippen LogP contribution is -2.22. The van der Waals surface area contributed by atoms with Crippen molar-refractivity contribution in [2.45, 2.75) is 32.2 Å². The molecule has 0 saturated heterocycles. The first kappa shape index (κ1) is 9.31. The zero-order valence-electron chi connectivity index (χ0n) is 8.53. The standard InChI is InChI=1S/C11H17N3/c1-8-3-2-4-10(8)14-11-6-5-9(12)7-13-11/h5-8,10H,2-4,12H2,1H3,(H,13,14). The van der Waals surface area contributed by atoms with E-state index in [1.807, 2.05) is 12.1 Å². The summed E-state index contributed by atoms with van der Waals surface area (Å²) in [5.41, 5.74) is 6.29. The van der Waals surface area contributed by atoms with Crippen molar-refractivity contribution in [3.8, 4) is 0 Å². The molecule has 2 rings (SSSR count). The van der Waals surface area contributed by atoms with Gasteiger partial charge in [0.05, 0.1) is 11.9 Å². The maximum Gasteiger partial charge on any atom is 0.126 e. The number of hydrogen-bond donors (Lipinski definition) is 2. The number of nitrogens with zero attached hydrogens (tertiary/aromatic N) is 1. The van der Waals surface area contributed by atoms with Gasteiger partial charge in [0, 0.05) is 6.04 Å². The highest BCUT2D eigenvalue weighted by Gasteiger charge is 2.22. The fraction of sp³-hybridized carbons (Fsp3) is 0.545. The Labute approximate surface area is 84.7 Å². The second kappa shape index (κ2) is 3.86. The number of rotatable bonds is 2. The summed E-state index contributed by atoms with van der Waals surface area (Å²) in [5, 5.41) is 3.45. The zero-order valence-corrected chi connectivity index (χ0v) is 8.53. The lowest BCUT2D eigenvalue weighted by atomic mass is 10.1. The summed E-state index contributed by atoms with van der Waals surface area (Å²) in [4.78, 5) is 4.24. The van der Waals surface area contributed by atoms with E-state index in [9.17, 15) is 0 Å². The maximum atomic E-state index is 5.57. The van der Waals surface area contributed by atoms with Gasteiger partial charge in [0.1, 0.15) is 5.82 Å². The van der Waals surface area contributed by atoms with Crippen molar-refractivity contribution in [2.75, 3.05) is 11.1 Å². The van der Waals surface area contributed by atoms with E-state index in [0.717, 1.165) is 17.4 Å². The monoisotopic (exact) mass is 191 g/mol. The van der Waals surface area contributed by atoms with Crippen LogP contribution < -0.4 is 11.1 Å². The number of aromatic nitrogens is 1. The van der Waals surface area contributed by atoms with Crippen molar-refractivity contribution in [3.05, 3.63) is 18.3 Å². The summed E-state index contributed by atoms with van der Waals surface area (Å²) in [6, 6.07) is 4.42. The van der Waals surface area contributed by atoms with E-state index in [1.165, 1.54) is 19.3 Å². The Morgan fingerprint density at radius 2 is 2.29 bits per heavy atom. The van der Waals surface area contributed by atoms with Gasteiger partial charge in [-0.05, 0) is 30.9 Å². The summed E-state index contributed by atoms with van der Waals surface area (Å²) in [6.45, 7) is 2.29. The van der Waals surface area contributed by atoms with Gasteiger partial charge in [-0.1, -0.05) is 13.3 Å². The Morgan fingerprint density at radius 3 is 2.86 bits per heavy atom. The van der Waals surface area contributed by atoms with Crippen molar-refractivity contribution in [1.82, 2.24) is 4.98 Å². The molecule has 1 aromatic rings. The van der Waals surface area contributed by atoms with E-state index in [1.54, 1.807) is 6.20 Å². The van der Waals surface area contributed by atoms with E-state index >= 15 is 0 Å². The third-order valence-corrected chi connectivity index (χ3v) is 2.98. The molecule has 14 heavy (non-hydrogen) atoms. The molecule has 0 radical (unpaired) electrons. The number of nitrogen functional groups attached to an aromatic ring is 1. The predicted octanol–water partition coefficient (Wildman–Crippen LogP) is 2.26. The minimum Gasteiger partial charge on any atom is -0.397 e. The molecule has 1 aromatic heterocycles. The molecule has 0 aromatic carbocycles. The van der Waals surface area contributed by atoms with Gasteiger partial charge >= 0.3 is 0 Å². The number of pyridine rings is 1. The quantitative estimate of drug-likeness (QED) is 0.754. The Balaban J connectivity index is 2.00. The van der Waals surface area contributed by atoms with Gasteiger partial charge in [-0.2, -0.15) is 0 Å². The maximum absolute atomic E-state index is 5.57. The van der Waals surface area contributed by atoms with Crippen molar-refractivity contribution in [3.63, 3.8) is 0 Å². The third-order valence-electron chi connectivity index (χ3n) is 2.98. The SMILES string of the molecule is CC1CCCC1Nc1ccc(N)cn1. The van der Waals surface area contributed by atoms with Crippen molar-refractivity contribution < 1.29 is 0 Å². The van der Waals surface area contributed by atoms with E-state index in [4.69, 9.17) is 5.73 Å². The Hall–Kier alpha value is -1.25. The van der Waals surface area contributed by atoms with Crippen LogP contribution in [0.4, 0.5) is 11.5 Å². The first-order valence-electron chi connectivity index (χ1n) is 5.24. The molecule has 3 N–H and O–H groups in total. The van der Waals surface area contributed by atoms with E-state index in [0.29, 0.717) is 6.04 Å². The molecule has 1 heterocycles. The highest BCUT2D eigenvalue weighted by Crippen LogP contribution is 2.27. The van der Waals surface area contributed by atoms with Crippen molar-refractivity contribution >= 4 is 11.5 Å². The molecule has 2 unspecified atom stereocenters. The largest absolute Gasteiger partial charge is 0.397 e. The van der Waals surface area contributed by atoms with Crippen LogP contribution in [0.2, 0.25) is 0 Å². The molecule has 0 aliphatic heterocycles. The van der Waals surface area contributed by atoms with Crippen LogP contribution in [-0.2, 0) is 0 Å². The van der Waals surface area contributed by atoms with Crippen molar-refractivity contribution in [2.24, 2.45) is 5.92 Å². The lowest BCUT2D eigenvalue weighted by molar-refractivity contribution is 0.555. The van der Waals surface area contributed by atoms with Crippen LogP contribution >= 0.6 is 0 Å². The van der Waals surface area contributed by atoms with Crippen LogP contribution in [0.15, 0.2) is 18.3 Å². The van der Waals surface area contributed by atoms with Gasteiger partial charge in [-0.3, -0.25) is 0 Å². The number of nitrogens with one attached hydrogen (secondary N) is 1. The van der Waals surface area contributed by atoms with Crippen LogP contribution in [-0.4, -0.2) is 11.0 Å². The Bertz CT molecular complexity index is 294. The molecule has 76 valence electrons. The molecule has 1 aliphatic rings. The van der Waals surface area contributed by atoms with Gasteiger partial charge in [0.25, 0.3) is 0 Å². The molecule has 0 spiro atoms. The molecule has 3 nitrogen and oxygen atoms in total. The molecule has 1 fully saturated rings. The fourth-order valence-corrected chi connectivity index (χ4v) is 2.04. The average Bonchev–Trinajstić information content (AvgIpc) is 2.56. The number of nitrogens with two attached hydrogens (primary N) is 1.